The van der Waals surface area contributed by atoms with Gasteiger partial charge in [0.25, 0.3) is 0 Å². The van der Waals surface area contributed by atoms with Crippen molar-refractivity contribution in [2.45, 2.75) is 0 Å². The van der Waals surface area contributed by atoms with Crippen molar-refractivity contribution in [1.82, 2.24) is 0 Å². The lowest BCUT2D eigenvalue weighted by Crippen LogP contribution is -2.22. The van der Waals surface area contributed by atoms with Crippen LogP contribution in [0.2, 0.25) is 0 Å². The van der Waals surface area contributed by atoms with E-state index in [1.54, 1.807) is 36.4 Å². The van der Waals surface area contributed by atoms with Crippen LogP contribution in [-0.4, -0.2) is 22.8 Å². The van der Waals surface area contributed by atoms with E-state index >= 15 is 0 Å². The summed E-state index contributed by atoms with van der Waals surface area (Å²) in [5, 5.41) is 37.6. The van der Waals surface area contributed by atoms with Crippen LogP contribution >= 0.6 is 0 Å². The summed E-state index contributed by atoms with van der Waals surface area (Å²) < 4.78 is 6.24. The zero-order valence-corrected chi connectivity index (χ0v) is 21.1. The summed E-state index contributed by atoms with van der Waals surface area (Å²) in [6, 6.07) is 25.2. The number of hydrogen-bond acceptors (Lipinski definition) is 9. The van der Waals surface area contributed by atoms with Crippen LogP contribution in [0, 0.1) is 45.8 Å². The van der Waals surface area contributed by atoms with Gasteiger partial charge in [-0.05, 0) is 36.4 Å². The first-order valence-corrected chi connectivity index (χ1v) is 12.2. The molecule has 4 aromatic carbocycles. The van der Waals surface area contributed by atoms with Gasteiger partial charge in [0, 0.05) is 44.5 Å². The van der Waals surface area contributed by atoms with Gasteiger partial charge in [0.05, 0.1) is 22.8 Å². The lowest BCUT2D eigenvalue weighted by atomic mass is 9.82. The van der Waals surface area contributed by atoms with Crippen LogP contribution in [0.3, 0.4) is 0 Å². The first-order chi connectivity index (χ1) is 20.2. The van der Waals surface area contributed by atoms with Gasteiger partial charge in [0.2, 0.25) is 24.8 Å². The molecule has 9 nitrogen and oxygen atoms in total. The lowest BCUT2D eigenvalue weighted by molar-refractivity contribution is 0.482. The molecule has 2 aliphatic carbocycles. The third-order valence-corrected chi connectivity index (χ3v) is 6.76. The molecule has 0 aromatic heterocycles. The van der Waals surface area contributed by atoms with Gasteiger partial charge in [-0.25, -0.2) is 0 Å². The van der Waals surface area contributed by atoms with Crippen LogP contribution in [0.15, 0.2) is 105 Å². The Labute approximate surface area is 234 Å². The standard InChI is InChI=1S/C32H14N8O/c33-15-37-29-21-5-1-3-7-23(21)31(39-17-35)27-13-19(9-11-25(27)29)41-20-10-12-26-28(14-20)32(40-18-36)24-8-4-2-6-22(24)30(26)38-16-34/h1-14H. The highest BCUT2D eigenvalue weighted by Crippen LogP contribution is 2.35. The van der Waals surface area contributed by atoms with Gasteiger partial charge in [-0.2, -0.15) is 41.0 Å². The Hall–Kier alpha value is -6.68. The molecule has 0 saturated carbocycles. The highest BCUT2D eigenvalue weighted by Gasteiger charge is 2.29. The molecule has 41 heavy (non-hydrogen) atoms. The van der Waals surface area contributed by atoms with E-state index in [1.165, 1.54) is 0 Å². The van der Waals surface area contributed by atoms with Crippen molar-refractivity contribution in [2.75, 3.05) is 0 Å². The van der Waals surface area contributed by atoms with E-state index in [0.29, 0.717) is 78.9 Å². The number of nitriles is 4. The van der Waals surface area contributed by atoms with Gasteiger partial charge < -0.3 is 4.74 Å². The summed E-state index contributed by atoms with van der Waals surface area (Å²) in [6.45, 7) is 0. The summed E-state index contributed by atoms with van der Waals surface area (Å²) >= 11 is 0. The molecule has 0 aliphatic heterocycles. The Morgan fingerprint density at radius 2 is 0.683 bits per heavy atom. The Morgan fingerprint density at radius 3 is 1.00 bits per heavy atom. The Kier molecular flexibility index (Phi) is 6.15. The molecule has 0 radical (unpaired) electrons. The topological polar surface area (TPSA) is 154 Å². The van der Waals surface area contributed by atoms with Gasteiger partial charge in [0.1, 0.15) is 11.5 Å². The Morgan fingerprint density at radius 1 is 0.390 bits per heavy atom. The molecular weight excluding hydrogens is 512 g/mol. The third-order valence-electron chi connectivity index (χ3n) is 6.76. The number of fused-ring (bicyclic) bond motifs is 4. The highest BCUT2D eigenvalue weighted by molar-refractivity contribution is 6.33. The normalized spacial score (nSPS) is 16.4. The average molecular weight is 527 g/mol. The smallest absolute Gasteiger partial charge is 0.206 e. The Bertz CT molecular complexity index is 1930. The zero-order chi connectivity index (χ0) is 28.3. The molecule has 0 spiro atoms. The fourth-order valence-electron chi connectivity index (χ4n) is 5.17. The van der Waals surface area contributed by atoms with Crippen LogP contribution in [0.1, 0.15) is 44.5 Å². The zero-order valence-electron chi connectivity index (χ0n) is 21.1. The van der Waals surface area contributed by atoms with E-state index in [-0.39, 0.29) is 0 Å². The summed E-state index contributed by atoms with van der Waals surface area (Å²) in [5.41, 5.74) is 7.12. The summed E-state index contributed by atoms with van der Waals surface area (Å²) in [5.74, 6) is 0.900. The van der Waals surface area contributed by atoms with E-state index in [2.05, 4.69) is 20.0 Å². The maximum Gasteiger partial charge on any atom is 0.206 e. The van der Waals surface area contributed by atoms with Crippen molar-refractivity contribution in [3.8, 4) is 36.3 Å². The van der Waals surface area contributed by atoms with Gasteiger partial charge >= 0.3 is 0 Å². The summed E-state index contributed by atoms with van der Waals surface area (Å²) in [4.78, 5) is 16.3. The van der Waals surface area contributed by atoms with Crippen LogP contribution in [0.4, 0.5) is 0 Å². The van der Waals surface area contributed by atoms with Gasteiger partial charge in [0.15, 0.2) is 0 Å². The molecule has 0 heterocycles. The number of benzene rings is 4. The number of ether oxygens (including phenoxy) is 1. The summed E-state index contributed by atoms with van der Waals surface area (Å²) in [7, 11) is 0. The fraction of sp³-hybridized carbons (Fsp3) is 0. The van der Waals surface area contributed by atoms with Crippen molar-refractivity contribution in [3.05, 3.63) is 129 Å². The van der Waals surface area contributed by atoms with Crippen molar-refractivity contribution in [2.24, 2.45) is 20.0 Å². The van der Waals surface area contributed by atoms with E-state index in [1.807, 2.05) is 73.3 Å². The highest BCUT2D eigenvalue weighted by atomic mass is 16.5. The molecule has 0 amide bonds. The molecular formula is C32H14N8O. The van der Waals surface area contributed by atoms with Gasteiger partial charge in [-0.1, -0.05) is 48.5 Å². The first kappa shape index (κ1) is 24.6. The van der Waals surface area contributed by atoms with Crippen molar-refractivity contribution >= 4 is 22.8 Å². The molecule has 9 heteroatoms. The fourth-order valence-corrected chi connectivity index (χ4v) is 5.17. The van der Waals surface area contributed by atoms with Crippen LogP contribution in [0.5, 0.6) is 11.5 Å². The number of rotatable bonds is 2. The van der Waals surface area contributed by atoms with E-state index in [4.69, 9.17) is 4.74 Å². The van der Waals surface area contributed by atoms with E-state index < -0.39 is 0 Å². The predicted octanol–water partition coefficient (Wildman–Crippen LogP) is 5.38. The largest absolute Gasteiger partial charge is 0.457 e. The van der Waals surface area contributed by atoms with E-state index in [0.717, 1.165) is 0 Å². The molecule has 0 bridgehead atoms. The van der Waals surface area contributed by atoms with Gasteiger partial charge in [-0.15, -0.1) is 0 Å². The second-order valence-corrected chi connectivity index (χ2v) is 8.85. The van der Waals surface area contributed by atoms with Crippen molar-refractivity contribution in [3.63, 3.8) is 0 Å². The molecule has 0 fully saturated rings. The quantitative estimate of drug-likeness (QED) is 0.277. The second-order valence-electron chi connectivity index (χ2n) is 8.85. The average Bonchev–Trinajstić information content (AvgIpc) is 3.00. The number of hydrogen-bond donors (Lipinski definition) is 0. The minimum atomic E-state index is 0.447. The Balaban J connectivity index is 1.46. The van der Waals surface area contributed by atoms with E-state index in [9.17, 15) is 21.0 Å². The minimum Gasteiger partial charge on any atom is -0.457 e. The molecule has 2 aliphatic rings. The van der Waals surface area contributed by atoms with Crippen LogP contribution in [-0.2, 0) is 0 Å². The molecule has 0 unspecified atom stereocenters. The minimum absolute atomic E-state index is 0.447. The van der Waals surface area contributed by atoms with Crippen molar-refractivity contribution < 1.29 is 4.74 Å². The SMILES string of the molecule is N#CN=C1c2ccccc2C(=NC#N)c2cc(Oc3ccc4c(c3)C(=NC#N)c3ccccc3C4=NC#N)ccc21. The second kappa shape index (κ2) is 10.2. The first-order valence-electron chi connectivity index (χ1n) is 12.2. The maximum atomic E-state index is 9.44. The molecule has 188 valence electrons. The van der Waals surface area contributed by atoms with Crippen LogP contribution < -0.4 is 4.74 Å². The number of aliphatic imine (C=N–C) groups is 4. The molecule has 0 atom stereocenters. The molecule has 4 aromatic rings. The van der Waals surface area contributed by atoms with Gasteiger partial charge in [-0.3, -0.25) is 0 Å². The predicted molar refractivity (Wildman–Crippen MR) is 151 cm³/mol. The lowest BCUT2D eigenvalue weighted by Gasteiger charge is -2.23. The summed E-state index contributed by atoms with van der Waals surface area (Å²) in [6.07, 6.45) is 7.50. The third kappa shape index (κ3) is 4.10. The van der Waals surface area contributed by atoms with Crippen LogP contribution in [0.25, 0.3) is 0 Å². The number of nitrogens with zero attached hydrogens (tertiary/aromatic N) is 8. The monoisotopic (exact) mass is 526 g/mol. The molecule has 0 saturated heterocycles. The van der Waals surface area contributed by atoms with Crippen molar-refractivity contribution in [1.29, 1.82) is 21.0 Å². The molecule has 0 N–H and O–H groups in total. The maximum absolute atomic E-state index is 9.44. The molecule has 6 rings (SSSR count).